The molecule has 0 spiro atoms. The maximum Gasteiger partial charge on any atom is 0.455 e. The minimum Gasteiger partial charge on any atom is -0.505 e. The van der Waals surface area contributed by atoms with Crippen LogP contribution in [0.25, 0.3) is 6.08 Å². The van der Waals surface area contributed by atoms with Crippen molar-refractivity contribution in [3.63, 3.8) is 0 Å². The number of imide groups is 1. The van der Waals surface area contributed by atoms with E-state index in [1.54, 1.807) is 6.07 Å². The van der Waals surface area contributed by atoms with Gasteiger partial charge in [-0.05, 0) is 79.1 Å². The third-order valence-corrected chi connectivity index (χ3v) is 9.11. The van der Waals surface area contributed by atoms with E-state index < -0.39 is 18.9 Å². The van der Waals surface area contributed by atoms with Gasteiger partial charge in [0, 0.05) is 4.88 Å². The van der Waals surface area contributed by atoms with Crippen molar-refractivity contribution in [3.8, 4) is 5.75 Å². The van der Waals surface area contributed by atoms with Crippen LogP contribution in [0.5, 0.6) is 5.75 Å². The molecule has 0 bridgehead atoms. The highest BCUT2D eigenvalue weighted by Crippen LogP contribution is 2.51. The van der Waals surface area contributed by atoms with Gasteiger partial charge in [-0.3, -0.25) is 14.5 Å². The molecular formula is C29H33BFNO5S. The summed E-state index contributed by atoms with van der Waals surface area (Å²) < 4.78 is 19.9. The Morgan fingerprint density at radius 3 is 2.74 bits per heavy atom. The minimum atomic E-state index is -1.000. The van der Waals surface area contributed by atoms with Crippen LogP contribution in [-0.2, 0) is 20.8 Å². The summed E-state index contributed by atoms with van der Waals surface area (Å²) in [6.45, 7) is 4.41. The van der Waals surface area contributed by atoms with Crippen molar-refractivity contribution in [2.75, 3.05) is 0 Å². The van der Waals surface area contributed by atoms with Crippen molar-refractivity contribution in [2.45, 2.75) is 64.9 Å². The molecule has 0 radical (unpaired) electrons. The highest BCUT2D eigenvalue weighted by molar-refractivity contribution is 7.09. The van der Waals surface area contributed by atoms with Crippen LogP contribution in [0.3, 0.4) is 0 Å². The van der Waals surface area contributed by atoms with Crippen molar-refractivity contribution in [3.05, 3.63) is 68.7 Å². The molecule has 3 aliphatic rings. The van der Waals surface area contributed by atoms with E-state index in [1.807, 2.05) is 30.5 Å². The number of hydrogen-bond acceptors (Lipinski definition) is 6. The highest BCUT2D eigenvalue weighted by atomic mass is 32.1. The second-order valence-corrected chi connectivity index (χ2v) is 11.5. The summed E-state index contributed by atoms with van der Waals surface area (Å²) in [5.41, 5.74) is 4.02. The predicted octanol–water partition coefficient (Wildman–Crippen LogP) is 5.57. The summed E-state index contributed by atoms with van der Waals surface area (Å²) in [4.78, 5) is 29.4. The molecule has 2 N–H and O–H groups in total. The van der Waals surface area contributed by atoms with Crippen molar-refractivity contribution in [1.29, 1.82) is 0 Å². The Kier molecular flexibility index (Phi) is 7.89. The Morgan fingerprint density at radius 2 is 2.05 bits per heavy atom. The second kappa shape index (κ2) is 11.2. The molecule has 0 saturated carbocycles. The van der Waals surface area contributed by atoms with Gasteiger partial charge in [0.15, 0.2) is 11.6 Å². The average Bonchev–Trinajstić information content (AvgIpc) is 3.50. The van der Waals surface area contributed by atoms with Gasteiger partial charge in [0.1, 0.15) is 0 Å². The number of allylic oxidation sites excluding steroid dienone is 2. The van der Waals surface area contributed by atoms with Gasteiger partial charge in [0.2, 0.25) is 11.8 Å². The zero-order valence-corrected chi connectivity index (χ0v) is 22.5. The number of carbonyl (C=O) groups is 2. The molecule has 6 nitrogen and oxygen atoms in total. The quantitative estimate of drug-likeness (QED) is 0.261. The number of phenolic OH excluding ortho intramolecular Hbond substituents is 1. The van der Waals surface area contributed by atoms with Crippen LogP contribution in [0, 0.1) is 23.6 Å². The standard InChI is InChI=1S/C29H33BFNO5S/c1-3-17(12-18-7-9-24(33)23(31)13-18)8-10-25-26-19(4-2)14-21-27(22(26)15-30(36)37-25)29(35)32(28(21)34)16-20-6-5-11-38-20/h5-7,9,11-13,21-22,25,27,33,36H,3-4,8,10,14-16H2,1-2H3/b17-12+/t21-,22+,25-,27-/m1/s1. The molecule has 2 aromatic rings. The van der Waals surface area contributed by atoms with Gasteiger partial charge in [0.25, 0.3) is 0 Å². The molecule has 1 aliphatic carbocycles. The van der Waals surface area contributed by atoms with E-state index in [0.717, 1.165) is 34.4 Å². The molecule has 1 aromatic carbocycles. The van der Waals surface area contributed by atoms with Crippen LogP contribution >= 0.6 is 11.3 Å². The first kappa shape index (κ1) is 26.8. The normalized spacial score (nSPS) is 25.7. The van der Waals surface area contributed by atoms with Gasteiger partial charge in [-0.1, -0.05) is 43.2 Å². The third kappa shape index (κ3) is 5.11. The fourth-order valence-electron chi connectivity index (χ4n) is 6.40. The second-order valence-electron chi connectivity index (χ2n) is 10.4. The zero-order chi connectivity index (χ0) is 27.0. The predicted molar refractivity (Wildman–Crippen MR) is 145 cm³/mol. The molecule has 2 aliphatic heterocycles. The van der Waals surface area contributed by atoms with E-state index in [2.05, 4.69) is 6.92 Å². The van der Waals surface area contributed by atoms with Gasteiger partial charge in [0.05, 0.1) is 24.5 Å². The van der Waals surface area contributed by atoms with E-state index in [-0.39, 0.29) is 35.5 Å². The SMILES string of the molecule is CCC1=C2[C@@H](CC/C(=C/c3ccc(O)c(F)c3)CC)OB(O)C[C@@H]2[C@@H]2C(=O)N(Cc3cccs3)C(=O)[C@@H]2C1. The molecule has 2 fully saturated rings. The number of hydrogen-bond donors (Lipinski definition) is 2. The van der Waals surface area contributed by atoms with Crippen LogP contribution in [0.15, 0.2) is 52.4 Å². The van der Waals surface area contributed by atoms with Crippen LogP contribution in [-0.4, -0.2) is 40.1 Å². The van der Waals surface area contributed by atoms with E-state index in [9.17, 15) is 24.1 Å². The maximum atomic E-state index is 13.8. The minimum absolute atomic E-state index is 0.103. The highest BCUT2D eigenvalue weighted by Gasteiger charge is 2.57. The monoisotopic (exact) mass is 537 g/mol. The summed E-state index contributed by atoms with van der Waals surface area (Å²) in [5, 5.41) is 22.1. The fourth-order valence-corrected chi connectivity index (χ4v) is 7.09. The van der Waals surface area contributed by atoms with Crippen molar-refractivity contribution >= 4 is 36.3 Å². The number of aromatic hydroxyl groups is 1. The number of nitrogens with zero attached hydrogens (tertiary/aromatic N) is 1. The van der Waals surface area contributed by atoms with E-state index in [0.29, 0.717) is 37.7 Å². The number of halogens is 1. The van der Waals surface area contributed by atoms with Crippen LogP contribution in [0.2, 0.25) is 6.32 Å². The average molecular weight is 537 g/mol. The molecule has 5 rings (SSSR count). The van der Waals surface area contributed by atoms with E-state index in [4.69, 9.17) is 4.65 Å². The zero-order valence-electron chi connectivity index (χ0n) is 21.7. The number of fused-ring (bicyclic) bond motifs is 3. The first-order valence-corrected chi connectivity index (χ1v) is 14.3. The summed E-state index contributed by atoms with van der Waals surface area (Å²) in [6.07, 6.45) is 5.26. The van der Waals surface area contributed by atoms with Crippen molar-refractivity contribution in [2.24, 2.45) is 17.8 Å². The molecule has 3 heterocycles. The molecule has 9 heteroatoms. The van der Waals surface area contributed by atoms with Crippen LogP contribution < -0.4 is 0 Å². The summed E-state index contributed by atoms with van der Waals surface area (Å²) in [5.74, 6) is -2.34. The molecule has 1 aromatic heterocycles. The van der Waals surface area contributed by atoms with Gasteiger partial charge in [-0.2, -0.15) is 0 Å². The Balaban J connectivity index is 1.38. The lowest BCUT2D eigenvalue weighted by molar-refractivity contribution is -0.140. The molecule has 200 valence electrons. The number of carbonyl (C=O) groups excluding carboxylic acids is 2. The summed E-state index contributed by atoms with van der Waals surface area (Å²) >= 11 is 1.53. The summed E-state index contributed by atoms with van der Waals surface area (Å²) in [6, 6.07) is 8.19. The molecule has 4 atom stereocenters. The van der Waals surface area contributed by atoms with Crippen molar-refractivity contribution in [1.82, 2.24) is 4.90 Å². The Labute approximate surface area is 227 Å². The van der Waals surface area contributed by atoms with E-state index in [1.165, 1.54) is 28.4 Å². The van der Waals surface area contributed by atoms with E-state index >= 15 is 0 Å². The first-order valence-electron chi connectivity index (χ1n) is 13.4. The van der Waals surface area contributed by atoms with Crippen LogP contribution in [0.4, 0.5) is 4.39 Å². The number of likely N-dealkylation sites (tertiary alicyclic amines) is 1. The maximum absolute atomic E-state index is 13.8. The lowest BCUT2D eigenvalue weighted by Gasteiger charge is -2.43. The van der Waals surface area contributed by atoms with Gasteiger partial charge >= 0.3 is 7.12 Å². The Bertz CT molecular complexity index is 1280. The Morgan fingerprint density at radius 1 is 1.24 bits per heavy atom. The topological polar surface area (TPSA) is 87.1 Å². The Hall–Kier alpha value is -2.75. The van der Waals surface area contributed by atoms with Gasteiger partial charge in [-0.15, -0.1) is 11.3 Å². The number of rotatable bonds is 8. The number of amides is 2. The van der Waals surface area contributed by atoms with Crippen molar-refractivity contribution < 1.29 is 28.8 Å². The van der Waals surface area contributed by atoms with Gasteiger partial charge < -0.3 is 14.8 Å². The fraction of sp³-hybridized carbons (Fsp3) is 0.448. The lowest BCUT2D eigenvalue weighted by atomic mass is 9.58. The number of thiophene rings is 1. The van der Waals surface area contributed by atoms with Gasteiger partial charge in [-0.25, -0.2) is 4.39 Å². The smallest absolute Gasteiger partial charge is 0.455 e. The summed E-state index contributed by atoms with van der Waals surface area (Å²) in [7, 11) is -1.000. The number of phenols is 1. The molecule has 2 amide bonds. The molecule has 0 unspecified atom stereocenters. The van der Waals surface area contributed by atoms with Crippen LogP contribution in [0.1, 0.15) is 56.4 Å². The first-order chi connectivity index (χ1) is 18.3. The third-order valence-electron chi connectivity index (χ3n) is 8.24. The molecular weight excluding hydrogens is 504 g/mol. The molecule has 38 heavy (non-hydrogen) atoms. The largest absolute Gasteiger partial charge is 0.505 e. The number of benzene rings is 1. The molecule has 2 saturated heterocycles. The lowest BCUT2D eigenvalue weighted by Crippen LogP contribution is -2.46.